The van der Waals surface area contributed by atoms with E-state index in [9.17, 15) is 9.59 Å². The van der Waals surface area contributed by atoms with E-state index in [1.54, 1.807) is 6.92 Å². The van der Waals surface area contributed by atoms with Crippen LogP contribution in [0.5, 0.6) is 0 Å². The van der Waals surface area contributed by atoms with Gasteiger partial charge in [-0.3, -0.25) is 4.79 Å². The zero-order chi connectivity index (χ0) is 16.4. The molecule has 3 atom stereocenters. The number of rotatable bonds is 4. The van der Waals surface area contributed by atoms with E-state index >= 15 is 0 Å². The Morgan fingerprint density at radius 3 is 2.65 bits per heavy atom. The van der Waals surface area contributed by atoms with Crippen LogP contribution in [0.15, 0.2) is 10.5 Å². The number of hydrogen-bond acceptors (Lipinski definition) is 3. The van der Waals surface area contributed by atoms with Crippen LogP contribution in [-0.4, -0.2) is 17.0 Å². The molecule has 5 nitrogen and oxygen atoms in total. The average molecular weight is 319 g/mol. The van der Waals surface area contributed by atoms with Crippen molar-refractivity contribution in [3.05, 3.63) is 23.2 Å². The molecule has 2 saturated carbocycles. The molecule has 0 aromatic carbocycles. The van der Waals surface area contributed by atoms with Crippen LogP contribution in [0.25, 0.3) is 0 Å². The average Bonchev–Trinajstić information content (AvgIpc) is 2.93. The molecule has 2 aliphatic rings. The van der Waals surface area contributed by atoms with Crippen LogP contribution in [-0.2, 0) is 11.3 Å². The summed E-state index contributed by atoms with van der Waals surface area (Å²) in [7, 11) is 0. The van der Waals surface area contributed by atoms with Crippen molar-refractivity contribution in [3.8, 4) is 0 Å². The highest BCUT2D eigenvalue weighted by Gasteiger charge is 2.34. The van der Waals surface area contributed by atoms with Gasteiger partial charge in [-0.25, -0.2) is 4.79 Å². The van der Waals surface area contributed by atoms with Gasteiger partial charge in [-0.1, -0.05) is 25.7 Å². The molecule has 1 aromatic rings. The minimum atomic E-state index is -1.00. The van der Waals surface area contributed by atoms with E-state index in [1.807, 2.05) is 0 Å². The van der Waals surface area contributed by atoms with Gasteiger partial charge in [-0.05, 0) is 44.1 Å². The van der Waals surface area contributed by atoms with Crippen molar-refractivity contribution < 1.29 is 19.1 Å². The summed E-state index contributed by atoms with van der Waals surface area (Å²) in [6.45, 7) is 1.89. The predicted octanol–water partition coefficient (Wildman–Crippen LogP) is 3.51. The zero-order valence-electron chi connectivity index (χ0n) is 13.6. The molecule has 1 heterocycles. The Kier molecular flexibility index (Phi) is 4.74. The van der Waals surface area contributed by atoms with Crippen LogP contribution in [0.4, 0.5) is 0 Å². The smallest absolute Gasteiger partial charge is 0.339 e. The number of amides is 1. The Morgan fingerprint density at radius 2 is 1.96 bits per heavy atom. The van der Waals surface area contributed by atoms with Gasteiger partial charge in [0.25, 0.3) is 0 Å². The van der Waals surface area contributed by atoms with E-state index in [-0.39, 0.29) is 23.9 Å². The van der Waals surface area contributed by atoms with Gasteiger partial charge in [0.2, 0.25) is 5.91 Å². The molecule has 0 radical (unpaired) electrons. The largest absolute Gasteiger partial charge is 0.478 e. The summed E-state index contributed by atoms with van der Waals surface area (Å²) in [6, 6.07) is 1.50. The Hall–Kier alpha value is -1.78. The van der Waals surface area contributed by atoms with Crippen LogP contribution >= 0.6 is 0 Å². The van der Waals surface area contributed by atoms with Gasteiger partial charge in [0.1, 0.15) is 17.1 Å². The van der Waals surface area contributed by atoms with E-state index in [2.05, 4.69) is 5.32 Å². The Bertz CT molecular complexity index is 592. The topological polar surface area (TPSA) is 79.5 Å². The molecule has 0 aliphatic heterocycles. The van der Waals surface area contributed by atoms with Gasteiger partial charge in [0.05, 0.1) is 6.54 Å². The standard InChI is InChI=1S/C18H25NO4/c1-11-16(18(21)22)9-15(23-11)10-19-17(20)14-7-6-12-4-2-3-5-13(12)8-14/h9,12-14H,2-8,10H2,1H3,(H,19,20)(H,21,22). The molecule has 23 heavy (non-hydrogen) atoms. The maximum absolute atomic E-state index is 12.4. The lowest BCUT2D eigenvalue weighted by Gasteiger charge is -2.38. The number of carboxylic acids is 1. The van der Waals surface area contributed by atoms with Crippen molar-refractivity contribution in [2.45, 2.75) is 58.4 Å². The van der Waals surface area contributed by atoms with Gasteiger partial charge < -0.3 is 14.8 Å². The van der Waals surface area contributed by atoms with Gasteiger partial charge in [-0.2, -0.15) is 0 Å². The van der Waals surface area contributed by atoms with Gasteiger partial charge >= 0.3 is 5.97 Å². The minimum absolute atomic E-state index is 0.0833. The third-order valence-electron chi connectivity index (χ3n) is 5.55. The monoisotopic (exact) mass is 319 g/mol. The maximum Gasteiger partial charge on any atom is 0.339 e. The fraction of sp³-hybridized carbons (Fsp3) is 0.667. The van der Waals surface area contributed by atoms with Crippen LogP contribution in [0.2, 0.25) is 0 Å². The minimum Gasteiger partial charge on any atom is -0.478 e. The fourth-order valence-electron chi connectivity index (χ4n) is 4.27. The predicted molar refractivity (Wildman–Crippen MR) is 85.0 cm³/mol. The number of nitrogens with one attached hydrogen (secondary N) is 1. The van der Waals surface area contributed by atoms with Crippen molar-refractivity contribution in [1.29, 1.82) is 0 Å². The number of hydrogen-bond donors (Lipinski definition) is 2. The molecule has 2 aliphatic carbocycles. The van der Waals surface area contributed by atoms with Gasteiger partial charge in [0, 0.05) is 5.92 Å². The number of furan rings is 1. The summed E-state index contributed by atoms with van der Waals surface area (Å²) in [5.41, 5.74) is 0.164. The second kappa shape index (κ2) is 6.77. The molecule has 1 aromatic heterocycles. The Morgan fingerprint density at radius 1 is 1.22 bits per heavy atom. The van der Waals surface area contributed by atoms with E-state index in [4.69, 9.17) is 9.52 Å². The van der Waals surface area contributed by atoms with Gasteiger partial charge in [-0.15, -0.1) is 0 Å². The highest BCUT2D eigenvalue weighted by molar-refractivity contribution is 5.88. The second-order valence-electron chi connectivity index (χ2n) is 7.02. The van der Waals surface area contributed by atoms with Crippen LogP contribution in [0.1, 0.15) is 66.8 Å². The highest BCUT2D eigenvalue weighted by Crippen LogP contribution is 2.42. The number of carbonyl (C=O) groups is 2. The summed E-state index contributed by atoms with van der Waals surface area (Å²) >= 11 is 0. The number of fused-ring (bicyclic) bond motifs is 1. The van der Waals surface area contributed by atoms with E-state index in [0.717, 1.165) is 24.7 Å². The van der Waals surface area contributed by atoms with Crippen LogP contribution < -0.4 is 5.32 Å². The number of aryl methyl sites for hydroxylation is 1. The third kappa shape index (κ3) is 3.59. The normalized spacial score (nSPS) is 27.3. The van der Waals surface area contributed by atoms with E-state index in [0.29, 0.717) is 11.5 Å². The van der Waals surface area contributed by atoms with Crippen molar-refractivity contribution in [3.63, 3.8) is 0 Å². The third-order valence-corrected chi connectivity index (χ3v) is 5.55. The summed E-state index contributed by atoms with van der Waals surface area (Å²) in [4.78, 5) is 23.4. The van der Waals surface area contributed by atoms with Crippen molar-refractivity contribution in [1.82, 2.24) is 5.32 Å². The van der Waals surface area contributed by atoms with Gasteiger partial charge in [0.15, 0.2) is 0 Å². The Labute approximate surface area is 136 Å². The summed E-state index contributed by atoms with van der Waals surface area (Å²) in [6.07, 6.45) is 8.42. The molecule has 5 heteroatoms. The lowest BCUT2D eigenvalue weighted by Crippen LogP contribution is -2.37. The molecular formula is C18H25NO4. The number of carbonyl (C=O) groups excluding carboxylic acids is 1. The SMILES string of the molecule is Cc1oc(CNC(=O)C2CCC3CCCCC3C2)cc1C(=O)O. The molecule has 2 fully saturated rings. The van der Waals surface area contributed by atoms with Crippen molar-refractivity contribution >= 4 is 11.9 Å². The lowest BCUT2D eigenvalue weighted by atomic mass is 9.67. The lowest BCUT2D eigenvalue weighted by molar-refractivity contribution is -0.127. The summed E-state index contributed by atoms with van der Waals surface area (Å²) < 4.78 is 5.40. The molecule has 3 rings (SSSR count). The van der Waals surface area contributed by atoms with Crippen molar-refractivity contribution in [2.75, 3.05) is 0 Å². The first-order valence-corrected chi connectivity index (χ1v) is 8.65. The molecular weight excluding hydrogens is 294 g/mol. The molecule has 0 saturated heterocycles. The summed E-state index contributed by atoms with van der Waals surface area (Å²) in [5, 5.41) is 11.9. The molecule has 2 N–H and O–H groups in total. The second-order valence-corrected chi connectivity index (χ2v) is 7.02. The van der Waals surface area contributed by atoms with E-state index in [1.165, 1.54) is 38.2 Å². The quantitative estimate of drug-likeness (QED) is 0.890. The zero-order valence-corrected chi connectivity index (χ0v) is 13.6. The first kappa shape index (κ1) is 16.1. The molecule has 0 bridgehead atoms. The highest BCUT2D eigenvalue weighted by atomic mass is 16.4. The molecule has 3 unspecified atom stereocenters. The first-order chi connectivity index (χ1) is 11.0. The summed E-state index contributed by atoms with van der Waals surface area (Å²) in [5.74, 6) is 1.61. The molecule has 0 spiro atoms. The Balaban J connectivity index is 1.53. The maximum atomic E-state index is 12.4. The fourth-order valence-corrected chi connectivity index (χ4v) is 4.27. The first-order valence-electron chi connectivity index (χ1n) is 8.65. The molecule has 126 valence electrons. The number of aromatic carboxylic acids is 1. The van der Waals surface area contributed by atoms with Crippen LogP contribution in [0, 0.1) is 24.7 Å². The van der Waals surface area contributed by atoms with E-state index < -0.39 is 5.97 Å². The number of carboxylic acid groups (broad SMARTS) is 1. The van der Waals surface area contributed by atoms with Crippen molar-refractivity contribution in [2.24, 2.45) is 17.8 Å². The van der Waals surface area contributed by atoms with Crippen LogP contribution in [0.3, 0.4) is 0 Å². The molecule has 1 amide bonds.